The van der Waals surface area contributed by atoms with Gasteiger partial charge in [0.25, 0.3) is 0 Å². The molecule has 0 aliphatic heterocycles. The van der Waals surface area contributed by atoms with Crippen molar-refractivity contribution < 1.29 is 4.79 Å². The smallest absolute Gasteiger partial charge is 0.228 e. The Kier molecular flexibility index (Phi) is 4.18. The number of aromatic nitrogens is 1. The Morgan fingerprint density at radius 2 is 2.06 bits per heavy atom. The second-order valence-corrected chi connectivity index (χ2v) is 4.53. The number of carbonyl (C=O) groups is 1. The lowest BCUT2D eigenvalue weighted by Crippen LogP contribution is -2.14. The van der Waals surface area contributed by atoms with E-state index >= 15 is 0 Å². The number of rotatable bonds is 3. The summed E-state index contributed by atoms with van der Waals surface area (Å²) < 4.78 is 0. The summed E-state index contributed by atoms with van der Waals surface area (Å²) in [7, 11) is 0. The maximum Gasteiger partial charge on any atom is 0.228 e. The minimum atomic E-state index is -0.124. The molecule has 18 heavy (non-hydrogen) atoms. The van der Waals surface area contributed by atoms with Crippen LogP contribution in [0.4, 0.5) is 5.69 Å². The van der Waals surface area contributed by atoms with Crippen LogP contribution in [0.15, 0.2) is 42.7 Å². The highest BCUT2D eigenvalue weighted by Gasteiger charge is 2.05. The van der Waals surface area contributed by atoms with Gasteiger partial charge in [-0.2, -0.15) is 0 Å². The first kappa shape index (κ1) is 12.9. The van der Waals surface area contributed by atoms with E-state index in [2.05, 4.69) is 10.3 Å². The average molecular weight is 281 g/mol. The molecule has 0 atom stereocenters. The van der Waals surface area contributed by atoms with Gasteiger partial charge in [0.1, 0.15) is 0 Å². The van der Waals surface area contributed by atoms with Crippen LogP contribution in [-0.2, 0) is 11.2 Å². The Morgan fingerprint density at radius 1 is 1.22 bits per heavy atom. The number of hydrogen-bond acceptors (Lipinski definition) is 2. The van der Waals surface area contributed by atoms with Crippen molar-refractivity contribution in [1.29, 1.82) is 0 Å². The summed E-state index contributed by atoms with van der Waals surface area (Å²) in [6.45, 7) is 0. The van der Waals surface area contributed by atoms with Gasteiger partial charge in [0.15, 0.2) is 0 Å². The molecule has 0 spiro atoms. The van der Waals surface area contributed by atoms with Crippen LogP contribution < -0.4 is 5.32 Å². The van der Waals surface area contributed by atoms with E-state index in [1.54, 1.807) is 36.7 Å². The minimum Gasteiger partial charge on any atom is -0.326 e. The number of halogens is 2. The highest BCUT2D eigenvalue weighted by Crippen LogP contribution is 2.25. The van der Waals surface area contributed by atoms with Crippen LogP contribution in [0.1, 0.15) is 5.56 Å². The fourth-order valence-corrected chi connectivity index (χ4v) is 1.77. The Balaban J connectivity index is 2.01. The molecule has 0 saturated carbocycles. The summed E-state index contributed by atoms with van der Waals surface area (Å²) in [5.41, 5.74) is 1.48. The van der Waals surface area contributed by atoms with E-state index in [9.17, 15) is 4.79 Å². The molecule has 1 amide bonds. The van der Waals surface area contributed by atoms with Crippen LogP contribution in [0.2, 0.25) is 10.0 Å². The zero-order chi connectivity index (χ0) is 13.0. The third kappa shape index (κ3) is 3.45. The highest BCUT2D eigenvalue weighted by molar-refractivity contribution is 6.42. The zero-order valence-electron chi connectivity index (χ0n) is 9.36. The molecule has 1 aromatic heterocycles. The molecular formula is C13H10Cl2N2O. The molecule has 0 aliphatic carbocycles. The lowest BCUT2D eigenvalue weighted by Gasteiger charge is -2.06. The van der Waals surface area contributed by atoms with Crippen molar-refractivity contribution in [2.45, 2.75) is 6.42 Å². The predicted octanol–water partition coefficient (Wildman–Crippen LogP) is 3.57. The van der Waals surface area contributed by atoms with Gasteiger partial charge in [-0.05, 0) is 29.8 Å². The topological polar surface area (TPSA) is 42.0 Å². The predicted molar refractivity (Wildman–Crippen MR) is 73.0 cm³/mol. The standard InChI is InChI=1S/C13H10Cl2N2O/c14-11-4-3-10(7-12(11)15)17-13(18)6-9-2-1-5-16-8-9/h1-5,7-8H,6H2,(H,17,18). The number of nitrogens with one attached hydrogen (secondary N) is 1. The quantitative estimate of drug-likeness (QED) is 0.934. The van der Waals surface area contributed by atoms with E-state index < -0.39 is 0 Å². The van der Waals surface area contributed by atoms with Gasteiger partial charge in [-0.15, -0.1) is 0 Å². The largest absolute Gasteiger partial charge is 0.326 e. The van der Waals surface area contributed by atoms with Gasteiger partial charge in [-0.25, -0.2) is 0 Å². The summed E-state index contributed by atoms with van der Waals surface area (Å²) in [5.74, 6) is -0.124. The van der Waals surface area contributed by atoms with E-state index in [1.165, 1.54) is 0 Å². The van der Waals surface area contributed by atoms with Crippen LogP contribution >= 0.6 is 23.2 Å². The fourth-order valence-electron chi connectivity index (χ4n) is 1.47. The summed E-state index contributed by atoms with van der Waals surface area (Å²) in [6.07, 6.45) is 3.60. The lowest BCUT2D eigenvalue weighted by atomic mass is 10.2. The molecule has 3 nitrogen and oxygen atoms in total. The first-order chi connectivity index (χ1) is 8.65. The number of nitrogens with zero attached hydrogens (tertiary/aromatic N) is 1. The molecule has 0 saturated heterocycles. The summed E-state index contributed by atoms with van der Waals surface area (Å²) in [6, 6.07) is 8.60. The van der Waals surface area contributed by atoms with Gasteiger partial charge in [-0.1, -0.05) is 29.3 Å². The zero-order valence-corrected chi connectivity index (χ0v) is 10.9. The van der Waals surface area contributed by atoms with E-state index in [0.717, 1.165) is 5.56 Å². The molecular weight excluding hydrogens is 271 g/mol. The van der Waals surface area contributed by atoms with Crippen molar-refractivity contribution in [3.63, 3.8) is 0 Å². The number of anilines is 1. The molecule has 0 unspecified atom stereocenters. The molecule has 0 bridgehead atoms. The van der Waals surface area contributed by atoms with Gasteiger partial charge < -0.3 is 5.32 Å². The van der Waals surface area contributed by atoms with Gasteiger partial charge in [0, 0.05) is 18.1 Å². The number of benzene rings is 1. The van der Waals surface area contributed by atoms with Crippen LogP contribution in [-0.4, -0.2) is 10.9 Å². The van der Waals surface area contributed by atoms with E-state index in [4.69, 9.17) is 23.2 Å². The third-order valence-corrected chi connectivity index (χ3v) is 3.03. The second kappa shape index (κ2) is 5.85. The molecule has 0 radical (unpaired) electrons. The van der Waals surface area contributed by atoms with Crippen molar-refractivity contribution >= 4 is 34.8 Å². The minimum absolute atomic E-state index is 0.124. The summed E-state index contributed by atoms with van der Waals surface area (Å²) >= 11 is 11.7. The first-order valence-electron chi connectivity index (χ1n) is 5.29. The maximum absolute atomic E-state index is 11.8. The SMILES string of the molecule is O=C(Cc1cccnc1)Nc1ccc(Cl)c(Cl)c1. The van der Waals surface area contributed by atoms with Gasteiger partial charge in [0.2, 0.25) is 5.91 Å². The van der Waals surface area contributed by atoms with Crippen LogP contribution in [0, 0.1) is 0 Å². The van der Waals surface area contributed by atoms with Crippen molar-refractivity contribution in [2.75, 3.05) is 5.32 Å². The number of pyridine rings is 1. The number of amides is 1. The lowest BCUT2D eigenvalue weighted by molar-refractivity contribution is -0.115. The molecule has 2 aromatic rings. The van der Waals surface area contributed by atoms with E-state index in [-0.39, 0.29) is 12.3 Å². The summed E-state index contributed by atoms with van der Waals surface area (Å²) in [4.78, 5) is 15.7. The molecule has 1 aromatic carbocycles. The van der Waals surface area contributed by atoms with Crippen molar-refractivity contribution in [3.8, 4) is 0 Å². The number of carbonyl (C=O) groups excluding carboxylic acids is 1. The van der Waals surface area contributed by atoms with Crippen molar-refractivity contribution in [3.05, 3.63) is 58.3 Å². The van der Waals surface area contributed by atoms with Gasteiger partial charge in [-0.3, -0.25) is 9.78 Å². The Labute approximate surface area is 115 Å². The maximum atomic E-state index is 11.8. The van der Waals surface area contributed by atoms with E-state index in [0.29, 0.717) is 15.7 Å². The molecule has 5 heteroatoms. The molecule has 0 aliphatic rings. The Hall–Kier alpha value is -1.58. The average Bonchev–Trinajstić information content (AvgIpc) is 2.35. The van der Waals surface area contributed by atoms with Gasteiger partial charge >= 0.3 is 0 Å². The van der Waals surface area contributed by atoms with Crippen molar-refractivity contribution in [1.82, 2.24) is 4.98 Å². The third-order valence-electron chi connectivity index (χ3n) is 2.29. The molecule has 1 heterocycles. The first-order valence-corrected chi connectivity index (χ1v) is 6.04. The Bertz CT molecular complexity index is 558. The van der Waals surface area contributed by atoms with Gasteiger partial charge in [0.05, 0.1) is 16.5 Å². The van der Waals surface area contributed by atoms with E-state index in [1.807, 2.05) is 6.07 Å². The van der Waals surface area contributed by atoms with Crippen LogP contribution in [0.5, 0.6) is 0 Å². The highest BCUT2D eigenvalue weighted by atomic mass is 35.5. The monoisotopic (exact) mass is 280 g/mol. The molecule has 92 valence electrons. The molecule has 2 rings (SSSR count). The number of hydrogen-bond donors (Lipinski definition) is 1. The molecule has 1 N–H and O–H groups in total. The molecule has 0 fully saturated rings. The van der Waals surface area contributed by atoms with Crippen LogP contribution in [0.3, 0.4) is 0 Å². The Morgan fingerprint density at radius 3 is 2.72 bits per heavy atom. The second-order valence-electron chi connectivity index (χ2n) is 3.72. The van der Waals surface area contributed by atoms with Crippen LogP contribution in [0.25, 0.3) is 0 Å². The fraction of sp³-hybridized carbons (Fsp3) is 0.0769. The summed E-state index contributed by atoms with van der Waals surface area (Å²) in [5, 5.41) is 3.62. The van der Waals surface area contributed by atoms with Crippen molar-refractivity contribution in [2.24, 2.45) is 0 Å². The normalized spacial score (nSPS) is 10.1.